The van der Waals surface area contributed by atoms with Crippen LogP contribution in [0.5, 0.6) is 0 Å². The lowest BCUT2D eigenvalue weighted by atomic mass is 10.2. The number of nitro groups is 1. The molecule has 0 spiro atoms. The van der Waals surface area contributed by atoms with E-state index in [2.05, 4.69) is 4.52 Å². The van der Waals surface area contributed by atoms with Gasteiger partial charge in [0.25, 0.3) is 5.69 Å². The number of non-ortho nitro benzene ring substituents is 1. The van der Waals surface area contributed by atoms with Crippen LogP contribution >= 0.6 is 8.25 Å². The van der Waals surface area contributed by atoms with Crippen molar-refractivity contribution in [1.82, 2.24) is 0 Å². The van der Waals surface area contributed by atoms with Crippen molar-refractivity contribution in [2.75, 3.05) is 0 Å². The van der Waals surface area contributed by atoms with E-state index in [1.54, 1.807) is 0 Å². The zero-order chi connectivity index (χ0) is 11.4. The van der Waals surface area contributed by atoms with Crippen molar-refractivity contribution in [3.63, 3.8) is 0 Å². The highest BCUT2D eigenvalue weighted by molar-refractivity contribution is 7.32. The van der Waals surface area contributed by atoms with Crippen LogP contribution in [0, 0.1) is 15.9 Å². The maximum Gasteiger partial charge on any atom is 0.695 e. The fourth-order valence-electron chi connectivity index (χ4n) is 0.952. The molecule has 0 saturated heterocycles. The minimum absolute atomic E-state index is 0.124. The van der Waals surface area contributed by atoms with Crippen molar-refractivity contribution in [2.45, 2.75) is 6.61 Å². The van der Waals surface area contributed by atoms with Crippen molar-refractivity contribution in [3.8, 4) is 0 Å². The molecular formula is C7H6FNO5P+. The Balaban J connectivity index is 2.88. The summed E-state index contributed by atoms with van der Waals surface area (Å²) < 4.78 is 27.3. The third kappa shape index (κ3) is 3.67. The van der Waals surface area contributed by atoms with Crippen molar-refractivity contribution in [1.29, 1.82) is 0 Å². The predicted molar refractivity (Wildman–Crippen MR) is 47.7 cm³/mol. The van der Waals surface area contributed by atoms with Crippen molar-refractivity contribution < 1.29 is 23.3 Å². The van der Waals surface area contributed by atoms with Gasteiger partial charge in [0.2, 0.25) is 0 Å². The first-order chi connectivity index (χ1) is 6.99. The zero-order valence-electron chi connectivity index (χ0n) is 7.29. The Kier molecular flexibility index (Phi) is 3.79. The van der Waals surface area contributed by atoms with E-state index in [0.717, 1.165) is 18.2 Å². The van der Waals surface area contributed by atoms with Crippen LogP contribution in [0.1, 0.15) is 5.56 Å². The van der Waals surface area contributed by atoms with E-state index in [1.165, 1.54) is 0 Å². The Hall–Kier alpha value is -1.43. The summed E-state index contributed by atoms with van der Waals surface area (Å²) in [5.74, 6) is -0.795. The second-order valence-electron chi connectivity index (χ2n) is 2.59. The molecule has 0 saturated carbocycles. The van der Waals surface area contributed by atoms with Gasteiger partial charge in [-0.15, -0.1) is 9.42 Å². The molecule has 0 heterocycles. The van der Waals surface area contributed by atoms with Gasteiger partial charge in [0.1, 0.15) is 12.4 Å². The number of rotatable bonds is 4. The highest BCUT2D eigenvalue weighted by Gasteiger charge is 2.15. The van der Waals surface area contributed by atoms with Crippen LogP contribution in [0.15, 0.2) is 18.2 Å². The average Bonchev–Trinajstić information content (AvgIpc) is 2.13. The second kappa shape index (κ2) is 4.88. The molecule has 80 valence electrons. The summed E-state index contributed by atoms with van der Waals surface area (Å²) in [4.78, 5) is 17.9. The Morgan fingerprint density at radius 2 is 2.20 bits per heavy atom. The van der Waals surface area contributed by atoms with Crippen LogP contribution in [0.4, 0.5) is 10.1 Å². The molecule has 1 unspecified atom stereocenters. The first-order valence-electron chi connectivity index (χ1n) is 3.72. The predicted octanol–water partition coefficient (Wildman–Crippen LogP) is 1.90. The normalized spacial score (nSPS) is 11.2. The lowest BCUT2D eigenvalue weighted by Gasteiger charge is -1.96. The summed E-state index contributed by atoms with van der Waals surface area (Å²) in [5.41, 5.74) is -0.305. The molecule has 15 heavy (non-hydrogen) atoms. The smallest absolute Gasteiger partial charge is 0.258 e. The zero-order valence-corrected chi connectivity index (χ0v) is 8.19. The molecule has 0 aliphatic rings. The summed E-state index contributed by atoms with van der Waals surface area (Å²) in [7, 11) is -2.80. The highest BCUT2D eigenvalue weighted by Crippen LogP contribution is 2.21. The molecule has 1 N–H and O–H groups in total. The van der Waals surface area contributed by atoms with Gasteiger partial charge in [0.05, 0.1) is 11.0 Å². The van der Waals surface area contributed by atoms with Gasteiger partial charge >= 0.3 is 8.25 Å². The fourth-order valence-corrected chi connectivity index (χ4v) is 1.21. The summed E-state index contributed by atoms with van der Waals surface area (Å²) >= 11 is 0. The van der Waals surface area contributed by atoms with Gasteiger partial charge in [0.15, 0.2) is 0 Å². The largest absolute Gasteiger partial charge is 0.695 e. The van der Waals surface area contributed by atoms with Crippen molar-refractivity contribution in [3.05, 3.63) is 39.7 Å². The summed E-state index contributed by atoms with van der Waals surface area (Å²) in [5, 5.41) is 10.3. The monoisotopic (exact) mass is 234 g/mol. The van der Waals surface area contributed by atoms with Gasteiger partial charge in [-0.25, -0.2) is 4.39 Å². The molecule has 0 fully saturated rings. The van der Waals surface area contributed by atoms with E-state index >= 15 is 0 Å². The van der Waals surface area contributed by atoms with E-state index in [9.17, 15) is 19.1 Å². The average molecular weight is 234 g/mol. The van der Waals surface area contributed by atoms with E-state index in [-0.39, 0.29) is 12.2 Å². The van der Waals surface area contributed by atoms with Crippen molar-refractivity contribution >= 4 is 13.9 Å². The van der Waals surface area contributed by atoms with E-state index < -0.39 is 24.7 Å². The van der Waals surface area contributed by atoms with Crippen LogP contribution in [0.2, 0.25) is 0 Å². The first-order valence-corrected chi connectivity index (χ1v) is 4.85. The van der Waals surface area contributed by atoms with Crippen LogP contribution < -0.4 is 0 Å². The Morgan fingerprint density at radius 3 is 2.73 bits per heavy atom. The van der Waals surface area contributed by atoms with E-state index in [1.807, 2.05) is 0 Å². The summed E-state index contributed by atoms with van der Waals surface area (Å²) in [6.07, 6.45) is 0. The molecule has 1 aromatic rings. The van der Waals surface area contributed by atoms with E-state index in [0.29, 0.717) is 0 Å². The lowest BCUT2D eigenvalue weighted by molar-refractivity contribution is -0.385. The fraction of sp³-hybridized carbons (Fsp3) is 0.143. The molecule has 0 radical (unpaired) electrons. The standard InChI is InChI=1S/C7H5FNO5P/c8-6-1-5(4-14-15(12)13)2-7(3-6)9(10)11/h1-3H,4H2/p+1. The molecule has 8 heteroatoms. The molecular weight excluding hydrogens is 228 g/mol. The van der Waals surface area contributed by atoms with Gasteiger partial charge in [-0.2, -0.15) is 0 Å². The molecule has 0 aliphatic heterocycles. The molecule has 1 aromatic carbocycles. The number of halogens is 1. The van der Waals surface area contributed by atoms with Gasteiger partial charge in [-0.1, -0.05) is 0 Å². The van der Waals surface area contributed by atoms with Gasteiger partial charge in [0, 0.05) is 10.6 Å². The maximum atomic E-state index is 12.8. The lowest BCUT2D eigenvalue weighted by Crippen LogP contribution is -1.93. The Labute approximate surface area is 84.4 Å². The third-order valence-electron chi connectivity index (χ3n) is 1.49. The summed E-state index contributed by atoms with van der Waals surface area (Å²) in [6, 6.07) is 2.82. The van der Waals surface area contributed by atoms with E-state index in [4.69, 9.17) is 4.89 Å². The quantitative estimate of drug-likeness (QED) is 0.488. The SMILES string of the molecule is O=[N+]([O-])c1cc(F)cc(CO[P+](=O)O)c1. The molecule has 0 aromatic heterocycles. The maximum absolute atomic E-state index is 12.8. The van der Waals surface area contributed by atoms with Gasteiger partial charge < -0.3 is 0 Å². The molecule has 1 atom stereocenters. The van der Waals surface area contributed by atoms with Crippen LogP contribution in [-0.4, -0.2) is 9.82 Å². The van der Waals surface area contributed by atoms with Crippen LogP contribution in [0.3, 0.4) is 0 Å². The Morgan fingerprint density at radius 1 is 1.53 bits per heavy atom. The number of benzene rings is 1. The third-order valence-corrected chi connectivity index (χ3v) is 1.84. The van der Waals surface area contributed by atoms with Crippen LogP contribution in [0.25, 0.3) is 0 Å². The molecule has 6 nitrogen and oxygen atoms in total. The Bertz CT molecular complexity index is 410. The minimum atomic E-state index is -2.80. The molecule has 0 aliphatic carbocycles. The number of nitrogens with zero attached hydrogens (tertiary/aromatic N) is 1. The van der Waals surface area contributed by atoms with Gasteiger partial charge in [-0.05, 0) is 11.6 Å². The molecule has 0 bridgehead atoms. The molecule has 1 rings (SSSR count). The second-order valence-corrected chi connectivity index (χ2v) is 3.32. The van der Waals surface area contributed by atoms with Gasteiger partial charge in [-0.3, -0.25) is 10.1 Å². The number of hydrogen-bond acceptors (Lipinski definition) is 4. The summed E-state index contributed by atoms with van der Waals surface area (Å²) in [6.45, 7) is -0.357. The topological polar surface area (TPSA) is 89.7 Å². The van der Waals surface area contributed by atoms with Crippen LogP contribution in [-0.2, 0) is 15.7 Å². The number of nitro benzene ring substituents is 1. The minimum Gasteiger partial charge on any atom is -0.258 e. The highest BCUT2D eigenvalue weighted by atomic mass is 31.1. The molecule has 0 amide bonds. The number of hydrogen-bond donors (Lipinski definition) is 1. The first kappa shape index (κ1) is 11.6. The van der Waals surface area contributed by atoms with Crippen molar-refractivity contribution in [2.24, 2.45) is 0 Å².